The highest BCUT2D eigenvalue weighted by Gasteiger charge is 2.15. The number of hydrogen-bond acceptors (Lipinski definition) is 1. The summed E-state index contributed by atoms with van der Waals surface area (Å²) in [5.41, 5.74) is 2.41. The minimum absolute atomic E-state index is 0.107. The summed E-state index contributed by atoms with van der Waals surface area (Å²) >= 11 is 0. The van der Waals surface area contributed by atoms with E-state index in [1.165, 1.54) is 18.2 Å². The Hall–Kier alpha value is -3.45. The molecular weight excluding hydrogens is 373 g/mol. The largest absolute Gasteiger partial charge is 0.491 e. The van der Waals surface area contributed by atoms with Crippen LogP contribution in [-0.2, 0) is 0 Å². The van der Waals surface area contributed by atoms with Crippen molar-refractivity contribution in [3.8, 4) is 28.7 Å². The molecule has 1 nitrogen and oxygen atoms in total. The van der Waals surface area contributed by atoms with Crippen LogP contribution in [0.1, 0.15) is 30.5 Å². The van der Waals surface area contributed by atoms with Crippen LogP contribution in [0, 0.1) is 29.3 Å². The van der Waals surface area contributed by atoms with Gasteiger partial charge in [-0.25, -0.2) is 8.78 Å². The Morgan fingerprint density at radius 1 is 0.862 bits per heavy atom. The van der Waals surface area contributed by atoms with Gasteiger partial charge in [-0.15, -0.1) is 0 Å². The summed E-state index contributed by atoms with van der Waals surface area (Å²) in [6, 6.07) is 14.5. The summed E-state index contributed by atoms with van der Waals surface area (Å²) in [6.07, 6.45) is 3.46. The lowest BCUT2D eigenvalue weighted by Crippen LogP contribution is -1.98. The van der Waals surface area contributed by atoms with Gasteiger partial charge in [0.1, 0.15) is 5.82 Å². The third kappa shape index (κ3) is 4.70. The molecule has 146 valence electrons. The van der Waals surface area contributed by atoms with E-state index in [-0.39, 0.29) is 23.7 Å². The maximum atomic E-state index is 14.3. The molecule has 0 amide bonds. The third-order valence-corrected chi connectivity index (χ3v) is 4.24. The van der Waals surface area contributed by atoms with E-state index < -0.39 is 11.6 Å². The van der Waals surface area contributed by atoms with Gasteiger partial charge in [0.05, 0.1) is 6.61 Å². The summed E-state index contributed by atoms with van der Waals surface area (Å²) in [7, 11) is 0. The monoisotopic (exact) mass is 392 g/mol. The second kappa shape index (κ2) is 9.16. The average molecular weight is 392 g/mol. The van der Waals surface area contributed by atoms with Crippen LogP contribution in [0.25, 0.3) is 17.2 Å². The van der Waals surface area contributed by atoms with E-state index in [4.69, 9.17) is 4.74 Å². The number of halogens is 3. The maximum Gasteiger partial charge on any atom is 0.201 e. The Morgan fingerprint density at radius 2 is 1.55 bits per heavy atom. The standard InChI is InChI=1S/C25H19F3O/c1-3-5-20-13-10-18(16-22(20)26)7-6-17-8-11-19(12-9-17)21-14-15-23(29-4-2)25(28)24(21)27/h3,5,8-16H,4H2,1-2H3. The van der Waals surface area contributed by atoms with Gasteiger partial charge in [-0.2, -0.15) is 4.39 Å². The molecular formula is C25H19F3O. The van der Waals surface area contributed by atoms with Crippen LogP contribution in [0.3, 0.4) is 0 Å². The average Bonchev–Trinajstić information content (AvgIpc) is 2.73. The number of hydrogen-bond donors (Lipinski definition) is 0. The number of ether oxygens (including phenoxy) is 1. The van der Waals surface area contributed by atoms with E-state index in [0.29, 0.717) is 22.3 Å². The lowest BCUT2D eigenvalue weighted by Gasteiger charge is -2.09. The molecule has 0 atom stereocenters. The zero-order valence-electron chi connectivity index (χ0n) is 16.1. The van der Waals surface area contributed by atoms with Crippen LogP contribution in [0.15, 0.2) is 60.7 Å². The maximum absolute atomic E-state index is 14.3. The van der Waals surface area contributed by atoms with E-state index in [1.54, 1.807) is 55.5 Å². The first-order chi connectivity index (χ1) is 14.0. The van der Waals surface area contributed by atoms with Crippen molar-refractivity contribution >= 4 is 6.08 Å². The van der Waals surface area contributed by atoms with Crippen LogP contribution in [-0.4, -0.2) is 6.61 Å². The van der Waals surface area contributed by atoms with Crippen LogP contribution in [0.5, 0.6) is 5.75 Å². The molecule has 0 aliphatic heterocycles. The number of allylic oxidation sites excluding steroid dienone is 1. The van der Waals surface area contributed by atoms with E-state index in [2.05, 4.69) is 11.8 Å². The van der Waals surface area contributed by atoms with Gasteiger partial charge in [-0.1, -0.05) is 42.2 Å². The molecule has 0 saturated heterocycles. The fourth-order valence-electron chi connectivity index (χ4n) is 2.82. The summed E-state index contributed by atoms with van der Waals surface area (Å²) in [6.45, 7) is 3.78. The summed E-state index contributed by atoms with van der Waals surface area (Å²) in [5.74, 6) is 3.46. The van der Waals surface area contributed by atoms with Gasteiger partial charge in [-0.3, -0.25) is 0 Å². The van der Waals surface area contributed by atoms with Gasteiger partial charge in [0, 0.05) is 22.3 Å². The van der Waals surface area contributed by atoms with Crippen molar-refractivity contribution in [1.29, 1.82) is 0 Å². The van der Waals surface area contributed by atoms with E-state index in [0.717, 1.165) is 0 Å². The Morgan fingerprint density at radius 3 is 2.21 bits per heavy atom. The molecule has 0 bridgehead atoms. The Balaban J connectivity index is 1.83. The minimum Gasteiger partial charge on any atom is -0.491 e. The molecule has 0 saturated carbocycles. The first-order valence-corrected chi connectivity index (χ1v) is 9.19. The van der Waals surface area contributed by atoms with Crippen molar-refractivity contribution in [3.05, 3.63) is 94.8 Å². The van der Waals surface area contributed by atoms with Crippen LogP contribution >= 0.6 is 0 Å². The highest BCUT2D eigenvalue weighted by atomic mass is 19.2. The van der Waals surface area contributed by atoms with Crippen molar-refractivity contribution in [2.45, 2.75) is 13.8 Å². The molecule has 0 aliphatic carbocycles. The zero-order valence-corrected chi connectivity index (χ0v) is 16.1. The Bertz CT molecular complexity index is 1100. The molecule has 0 aromatic heterocycles. The minimum atomic E-state index is -1.00. The second-order valence-corrected chi connectivity index (χ2v) is 6.24. The lowest BCUT2D eigenvalue weighted by molar-refractivity contribution is 0.314. The molecule has 0 heterocycles. The van der Waals surface area contributed by atoms with Crippen molar-refractivity contribution < 1.29 is 17.9 Å². The first-order valence-electron chi connectivity index (χ1n) is 9.19. The Labute approximate surface area is 168 Å². The zero-order chi connectivity index (χ0) is 20.8. The van der Waals surface area contributed by atoms with Crippen LogP contribution < -0.4 is 4.74 Å². The molecule has 3 aromatic carbocycles. The molecule has 0 spiro atoms. The normalized spacial score (nSPS) is 10.7. The molecule has 29 heavy (non-hydrogen) atoms. The smallest absolute Gasteiger partial charge is 0.201 e. The number of benzene rings is 3. The Kier molecular flexibility index (Phi) is 6.41. The van der Waals surface area contributed by atoms with Crippen molar-refractivity contribution in [3.63, 3.8) is 0 Å². The van der Waals surface area contributed by atoms with E-state index in [9.17, 15) is 13.2 Å². The molecule has 4 heteroatoms. The first kappa shape index (κ1) is 20.3. The van der Waals surface area contributed by atoms with E-state index in [1.807, 2.05) is 6.92 Å². The van der Waals surface area contributed by atoms with Gasteiger partial charge < -0.3 is 4.74 Å². The SMILES string of the molecule is CC=Cc1ccc(C#Cc2ccc(-c3ccc(OCC)c(F)c3F)cc2)cc1F. The molecule has 3 aromatic rings. The van der Waals surface area contributed by atoms with Gasteiger partial charge >= 0.3 is 0 Å². The summed E-state index contributed by atoms with van der Waals surface area (Å²) < 4.78 is 47.4. The van der Waals surface area contributed by atoms with Crippen molar-refractivity contribution in [1.82, 2.24) is 0 Å². The molecule has 0 N–H and O–H groups in total. The fraction of sp³-hybridized carbons (Fsp3) is 0.120. The predicted molar refractivity (Wildman–Crippen MR) is 110 cm³/mol. The quantitative estimate of drug-likeness (QED) is 0.455. The molecule has 0 radical (unpaired) electrons. The second-order valence-electron chi connectivity index (χ2n) is 6.24. The highest BCUT2D eigenvalue weighted by molar-refractivity contribution is 5.66. The third-order valence-electron chi connectivity index (χ3n) is 4.24. The predicted octanol–water partition coefficient (Wildman–Crippen LogP) is 6.60. The molecule has 0 fully saturated rings. The van der Waals surface area contributed by atoms with Crippen molar-refractivity contribution in [2.24, 2.45) is 0 Å². The number of rotatable bonds is 4. The van der Waals surface area contributed by atoms with Gasteiger partial charge in [0.2, 0.25) is 5.82 Å². The highest BCUT2D eigenvalue weighted by Crippen LogP contribution is 2.30. The summed E-state index contributed by atoms with van der Waals surface area (Å²) in [5, 5.41) is 0. The topological polar surface area (TPSA) is 9.23 Å². The molecule has 0 unspecified atom stereocenters. The summed E-state index contributed by atoms with van der Waals surface area (Å²) in [4.78, 5) is 0. The fourth-order valence-corrected chi connectivity index (χ4v) is 2.82. The van der Waals surface area contributed by atoms with Crippen LogP contribution in [0.4, 0.5) is 13.2 Å². The van der Waals surface area contributed by atoms with E-state index >= 15 is 0 Å². The lowest BCUT2D eigenvalue weighted by atomic mass is 10.0. The van der Waals surface area contributed by atoms with Gasteiger partial charge in [0.25, 0.3) is 0 Å². The molecule has 3 rings (SSSR count). The van der Waals surface area contributed by atoms with Crippen LogP contribution in [0.2, 0.25) is 0 Å². The van der Waals surface area contributed by atoms with Crippen molar-refractivity contribution in [2.75, 3.05) is 6.61 Å². The molecule has 0 aliphatic rings. The van der Waals surface area contributed by atoms with Gasteiger partial charge in [-0.05, 0) is 55.8 Å². The van der Waals surface area contributed by atoms with Gasteiger partial charge in [0.15, 0.2) is 11.6 Å².